The molecule has 0 aliphatic heterocycles. The van der Waals surface area contributed by atoms with Gasteiger partial charge in [-0.1, -0.05) is 45.4 Å². The molecule has 0 bridgehead atoms. The van der Waals surface area contributed by atoms with Crippen molar-refractivity contribution in [1.82, 2.24) is 4.90 Å². The van der Waals surface area contributed by atoms with Gasteiger partial charge in [-0.05, 0) is 48.0 Å². The van der Waals surface area contributed by atoms with Crippen molar-refractivity contribution in [3.63, 3.8) is 0 Å². The predicted octanol–water partition coefficient (Wildman–Crippen LogP) is 5.73. The number of aliphatic carboxylic acids is 1. The van der Waals surface area contributed by atoms with Crippen LogP contribution in [-0.2, 0) is 4.79 Å². The molecule has 0 aromatic rings. The molecule has 1 N–H and O–H groups in total. The number of unbranched alkanes of at least 4 members (excludes halogenated alkanes) is 6. The van der Waals surface area contributed by atoms with E-state index >= 15 is 0 Å². The maximum atomic E-state index is 10.1. The Kier molecular flexibility index (Phi) is 16.5. The molecular formula is C19H41NO2. The van der Waals surface area contributed by atoms with E-state index < -0.39 is 5.97 Å². The lowest BCUT2D eigenvalue weighted by molar-refractivity contribution is -0.137. The third-order valence-corrected chi connectivity index (χ3v) is 3.78. The summed E-state index contributed by atoms with van der Waals surface area (Å²) >= 11 is 0. The van der Waals surface area contributed by atoms with Gasteiger partial charge in [-0.3, -0.25) is 9.69 Å². The Labute approximate surface area is 139 Å². The van der Waals surface area contributed by atoms with E-state index in [4.69, 9.17) is 5.11 Å². The molecule has 0 aromatic carbocycles. The normalized spacial score (nSPS) is 11.2. The summed E-state index contributed by atoms with van der Waals surface area (Å²) in [7, 11) is 0. The SMILES string of the molecule is CC(C)N(C(C)C)C(C)C.CCCCCCCCCC(=O)O. The van der Waals surface area contributed by atoms with Crippen LogP contribution < -0.4 is 0 Å². The first-order valence-corrected chi connectivity index (χ1v) is 9.23. The molecule has 0 heterocycles. The third-order valence-electron chi connectivity index (χ3n) is 3.78. The van der Waals surface area contributed by atoms with E-state index in [2.05, 4.69) is 53.4 Å². The summed E-state index contributed by atoms with van der Waals surface area (Å²) in [5.41, 5.74) is 0. The zero-order valence-corrected chi connectivity index (χ0v) is 16.2. The predicted molar refractivity (Wildman–Crippen MR) is 97.5 cm³/mol. The van der Waals surface area contributed by atoms with Crippen molar-refractivity contribution < 1.29 is 9.90 Å². The van der Waals surface area contributed by atoms with Crippen LogP contribution in [0.5, 0.6) is 0 Å². The lowest BCUT2D eigenvalue weighted by Crippen LogP contribution is -2.42. The summed E-state index contributed by atoms with van der Waals surface area (Å²) in [6.07, 6.45) is 8.64. The molecule has 3 nitrogen and oxygen atoms in total. The standard InChI is InChI=1S/C10H20O2.C9H21N/c1-2-3-4-5-6-7-8-9-10(11)12;1-7(2)10(8(3)4)9(5)6/h2-9H2,1H3,(H,11,12);7-9H,1-6H3. The summed E-state index contributed by atoms with van der Waals surface area (Å²) < 4.78 is 0. The third kappa shape index (κ3) is 15.8. The Morgan fingerprint density at radius 1 is 0.773 bits per heavy atom. The number of carboxylic acids is 1. The average molecular weight is 316 g/mol. The second-order valence-electron chi connectivity index (χ2n) is 6.99. The highest BCUT2D eigenvalue weighted by molar-refractivity contribution is 5.66. The van der Waals surface area contributed by atoms with E-state index in [1.54, 1.807) is 0 Å². The van der Waals surface area contributed by atoms with Crippen LogP contribution in [0.2, 0.25) is 0 Å². The Morgan fingerprint density at radius 3 is 1.41 bits per heavy atom. The van der Waals surface area contributed by atoms with E-state index in [0.29, 0.717) is 24.5 Å². The zero-order chi connectivity index (χ0) is 17.5. The largest absolute Gasteiger partial charge is 0.481 e. The number of carbonyl (C=O) groups is 1. The minimum absolute atomic E-state index is 0.341. The quantitative estimate of drug-likeness (QED) is 0.495. The van der Waals surface area contributed by atoms with Crippen molar-refractivity contribution >= 4 is 5.97 Å². The smallest absolute Gasteiger partial charge is 0.303 e. The van der Waals surface area contributed by atoms with Crippen LogP contribution in [0.3, 0.4) is 0 Å². The Bertz CT molecular complexity index is 231. The lowest BCUT2D eigenvalue weighted by atomic mass is 10.1. The van der Waals surface area contributed by atoms with Gasteiger partial charge in [0.2, 0.25) is 0 Å². The molecule has 0 fully saturated rings. The average Bonchev–Trinajstić information content (AvgIpc) is 2.36. The van der Waals surface area contributed by atoms with Gasteiger partial charge in [-0.25, -0.2) is 0 Å². The molecule has 0 spiro atoms. The minimum atomic E-state index is -0.663. The molecule has 0 unspecified atom stereocenters. The highest BCUT2D eigenvalue weighted by Crippen LogP contribution is 2.09. The number of carboxylic acid groups (broad SMARTS) is 1. The monoisotopic (exact) mass is 315 g/mol. The molecule has 0 saturated carbocycles. The number of hydrogen-bond acceptors (Lipinski definition) is 2. The number of rotatable bonds is 11. The fourth-order valence-electron chi connectivity index (χ4n) is 3.02. The molecule has 0 aliphatic rings. The van der Waals surface area contributed by atoms with Crippen molar-refractivity contribution in [3.05, 3.63) is 0 Å². The summed E-state index contributed by atoms with van der Waals surface area (Å²) in [6.45, 7) is 15.7. The molecule has 0 saturated heterocycles. The molecule has 0 amide bonds. The highest BCUT2D eigenvalue weighted by Gasteiger charge is 2.15. The van der Waals surface area contributed by atoms with E-state index in [9.17, 15) is 4.79 Å². The van der Waals surface area contributed by atoms with Gasteiger partial charge in [0.05, 0.1) is 0 Å². The van der Waals surface area contributed by atoms with Crippen molar-refractivity contribution in [2.45, 2.75) is 118 Å². The van der Waals surface area contributed by atoms with Gasteiger partial charge in [-0.15, -0.1) is 0 Å². The molecule has 3 heteroatoms. The maximum absolute atomic E-state index is 10.1. The minimum Gasteiger partial charge on any atom is -0.481 e. The van der Waals surface area contributed by atoms with E-state index in [0.717, 1.165) is 12.8 Å². The van der Waals surface area contributed by atoms with Crippen molar-refractivity contribution in [3.8, 4) is 0 Å². The summed E-state index contributed by atoms with van der Waals surface area (Å²) in [5, 5.41) is 8.35. The molecule has 0 rings (SSSR count). The summed E-state index contributed by atoms with van der Waals surface area (Å²) in [5.74, 6) is -0.663. The van der Waals surface area contributed by atoms with Crippen molar-refractivity contribution in [1.29, 1.82) is 0 Å². The van der Waals surface area contributed by atoms with Gasteiger partial charge in [-0.2, -0.15) is 0 Å². The number of nitrogens with zero attached hydrogens (tertiary/aromatic N) is 1. The fraction of sp³-hybridized carbons (Fsp3) is 0.947. The van der Waals surface area contributed by atoms with Gasteiger partial charge >= 0.3 is 5.97 Å². The molecule has 0 aliphatic carbocycles. The van der Waals surface area contributed by atoms with Gasteiger partial charge in [0.15, 0.2) is 0 Å². The molecular weight excluding hydrogens is 274 g/mol. The fourth-order valence-corrected chi connectivity index (χ4v) is 3.02. The van der Waals surface area contributed by atoms with Crippen LogP contribution >= 0.6 is 0 Å². The first kappa shape index (κ1) is 23.7. The Hall–Kier alpha value is -0.570. The van der Waals surface area contributed by atoms with Crippen LogP contribution in [0.15, 0.2) is 0 Å². The molecule has 0 radical (unpaired) electrons. The van der Waals surface area contributed by atoms with Crippen LogP contribution in [0.4, 0.5) is 0 Å². The van der Waals surface area contributed by atoms with Gasteiger partial charge in [0.1, 0.15) is 0 Å². The zero-order valence-electron chi connectivity index (χ0n) is 16.2. The molecule has 0 aromatic heterocycles. The second-order valence-corrected chi connectivity index (χ2v) is 6.99. The first-order valence-electron chi connectivity index (χ1n) is 9.23. The highest BCUT2D eigenvalue weighted by atomic mass is 16.4. The van der Waals surface area contributed by atoms with E-state index in [-0.39, 0.29) is 0 Å². The second kappa shape index (κ2) is 15.3. The van der Waals surface area contributed by atoms with Crippen molar-refractivity contribution in [2.24, 2.45) is 0 Å². The van der Waals surface area contributed by atoms with Crippen LogP contribution in [0.25, 0.3) is 0 Å². The van der Waals surface area contributed by atoms with Crippen LogP contribution in [0.1, 0.15) is 99.8 Å². The van der Waals surface area contributed by atoms with Crippen molar-refractivity contribution in [2.75, 3.05) is 0 Å². The Balaban J connectivity index is 0. The molecule has 0 atom stereocenters. The van der Waals surface area contributed by atoms with E-state index in [1.165, 1.54) is 32.1 Å². The maximum Gasteiger partial charge on any atom is 0.303 e. The van der Waals surface area contributed by atoms with Gasteiger partial charge in [0.25, 0.3) is 0 Å². The van der Waals surface area contributed by atoms with Gasteiger partial charge in [0, 0.05) is 24.5 Å². The first-order chi connectivity index (χ1) is 10.2. The van der Waals surface area contributed by atoms with Crippen LogP contribution in [0, 0.1) is 0 Å². The Morgan fingerprint density at radius 2 is 1.14 bits per heavy atom. The topological polar surface area (TPSA) is 40.5 Å². The van der Waals surface area contributed by atoms with E-state index in [1.807, 2.05) is 0 Å². The van der Waals surface area contributed by atoms with Gasteiger partial charge < -0.3 is 5.11 Å². The summed E-state index contributed by atoms with van der Waals surface area (Å²) in [6, 6.07) is 2.00. The lowest BCUT2D eigenvalue weighted by Gasteiger charge is -2.34. The van der Waals surface area contributed by atoms with Crippen LogP contribution in [-0.4, -0.2) is 34.1 Å². The number of hydrogen-bond donors (Lipinski definition) is 1. The molecule has 134 valence electrons. The molecule has 22 heavy (non-hydrogen) atoms. The summed E-state index contributed by atoms with van der Waals surface area (Å²) in [4.78, 5) is 12.6.